The number of carbonyl (C=O) groups excluding carboxylic acids is 2. The zero-order valence-electron chi connectivity index (χ0n) is 18.3. The van der Waals surface area contributed by atoms with Gasteiger partial charge in [-0.05, 0) is 45.1 Å². The number of rotatable bonds is 3. The molecule has 0 radical (unpaired) electrons. The second kappa shape index (κ2) is 7.94. The lowest BCUT2D eigenvalue weighted by Crippen LogP contribution is -2.53. The second-order valence-corrected chi connectivity index (χ2v) is 9.84. The third-order valence-electron chi connectivity index (χ3n) is 6.65. The molecule has 0 bridgehead atoms. The van der Waals surface area contributed by atoms with E-state index in [1.807, 2.05) is 51.1 Å². The Morgan fingerprint density at radius 3 is 2.60 bits per heavy atom. The molecule has 2 N–H and O–H groups in total. The molecule has 0 aromatic heterocycles. The van der Waals surface area contributed by atoms with Crippen molar-refractivity contribution in [3.63, 3.8) is 0 Å². The van der Waals surface area contributed by atoms with E-state index >= 15 is 0 Å². The van der Waals surface area contributed by atoms with Crippen molar-refractivity contribution >= 4 is 11.9 Å². The molecule has 30 heavy (non-hydrogen) atoms. The second-order valence-electron chi connectivity index (χ2n) is 9.84. The van der Waals surface area contributed by atoms with E-state index in [1.54, 1.807) is 9.96 Å². The SMILES string of the molecule is CC1C(N)C2CON(Cc3ccccc3)C2C(=O)N2C(C(=O)OC(C)(C)C)CCC12. The number of fused-ring (bicyclic) bond motifs is 2. The molecule has 3 fully saturated rings. The molecule has 3 saturated heterocycles. The fraction of sp³-hybridized carbons (Fsp3) is 0.652. The van der Waals surface area contributed by atoms with Crippen molar-refractivity contribution in [1.29, 1.82) is 0 Å². The third kappa shape index (κ3) is 3.86. The molecule has 3 aliphatic rings. The Hall–Kier alpha value is -1.96. The summed E-state index contributed by atoms with van der Waals surface area (Å²) in [6, 6.07) is 8.67. The van der Waals surface area contributed by atoms with Gasteiger partial charge in [0, 0.05) is 24.5 Å². The van der Waals surface area contributed by atoms with E-state index in [2.05, 4.69) is 6.92 Å². The Labute approximate surface area is 178 Å². The minimum Gasteiger partial charge on any atom is -0.458 e. The van der Waals surface area contributed by atoms with Gasteiger partial charge in [-0.2, -0.15) is 5.06 Å². The van der Waals surface area contributed by atoms with Crippen LogP contribution < -0.4 is 5.73 Å². The molecule has 7 nitrogen and oxygen atoms in total. The highest BCUT2D eigenvalue weighted by atomic mass is 16.7. The normalized spacial score (nSPS) is 34.4. The molecule has 1 aromatic rings. The molecular weight excluding hydrogens is 382 g/mol. The van der Waals surface area contributed by atoms with E-state index < -0.39 is 17.7 Å². The van der Waals surface area contributed by atoms with Gasteiger partial charge in [0.15, 0.2) is 0 Å². The molecule has 1 aromatic carbocycles. The fourth-order valence-corrected chi connectivity index (χ4v) is 5.17. The van der Waals surface area contributed by atoms with Crippen LogP contribution in [0.3, 0.4) is 0 Å². The van der Waals surface area contributed by atoms with Crippen molar-refractivity contribution in [3.05, 3.63) is 35.9 Å². The molecule has 1 amide bonds. The van der Waals surface area contributed by atoms with Crippen LogP contribution in [-0.2, 0) is 25.7 Å². The lowest BCUT2D eigenvalue weighted by atomic mass is 9.83. The summed E-state index contributed by atoms with van der Waals surface area (Å²) in [5.41, 5.74) is 7.13. The highest BCUT2D eigenvalue weighted by Gasteiger charge is 2.56. The molecule has 0 aliphatic carbocycles. The van der Waals surface area contributed by atoms with E-state index in [-0.39, 0.29) is 35.8 Å². The zero-order chi connectivity index (χ0) is 21.6. The number of carbonyl (C=O) groups is 2. The summed E-state index contributed by atoms with van der Waals surface area (Å²) in [4.78, 5) is 34.5. The number of hydrogen-bond donors (Lipinski definition) is 1. The standard InChI is InChI=1S/C23H33N3O4/c1-14-17-10-11-18(22(28)30-23(2,3)4)26(17)21(27)20-16(19(14)24)13-29-25(20)12-15-8-6-5-7-9-15/h5-9,14,16-20H,10-13,24H2,1-4H3. The van der Waals surface area contributed by atoms with Crippen LogP contribution in [-0.4, -0.2) is 58.2 Å². The maximum absolute atomic E-state index is 13.8. The highest BCUT2D eigenvalue weighted by Crippen LogP contribution is 2.41. The van der Waals surface area contributed by atoms with E-state index in [9.17, 15) is 9.59 Å². The molecule has 0 spiro atoms. The summed E-state index contributed by atoms with van der Waals surface area (Å²) < 4.78 is 5.65. The van der Waals surface area contributed by atoms with Crippen molar-refractivity contribution in [2.24, 2.45) is 17.6 Å². The minimum atomic E-state index is -0.593. The molecule has 3 aliphatic heterocycles. The summed E-state index contributed by atoms with van der Waals surface area (Å²) in [5, 5.41) is 1.77. The third-order valence-corrected chi connectivity index (χ3v) is 6.65. The van der Waals surface area contributed by atoms with Gasteiger partial charge in [-0.1, -0.05) is 37.3 Å². The van der Waals surface area contributed by atoms with Gasteiger partial charge in [0.25, 0.3) is 0 Å². The quantitative estimate of drug-likeness (QED) is 0.761. The number of hydrogen-bond acceptors (Lipinski definition) is 6. The molecule has 0 saturated carbocycles. The van der Waals surface area contributed by atoms with Crippen LogP contribution in [0.4, 0.5) is 0 Å². The maximum atomic E-state index is 13.8. The van der Waals surface area contributed by atoms with Gasteiger partial charge in [0.2, 0.25) is 5.91 Å². The average molecular weight is 416 g/mol. The Bertz CT molecular complexity index is 793. The van der Waals surface area contributed by atoms with Crippen LogP contribution >= 0.6 is 0 Å². The summed E-state index contributed by atoms with van der Waals surface area (Å²) in [5.74, 6) is -0.407. The van der Waals surface area contributed by atoms with Gasteiger partial charge in [0.05, 0.1) is 6.61 Å². The summed E-state index contributed by atoms with van der Waals surface area (Å²) in [6.45, 7) is 8.57. The Morgan fingerprint density at radius 1 is 1.23 bits per heavy atom. The van der Waals surface area contributed by atoms with Crippen LogP contribution in [0.2, 0.25) is 0 Å². The molecule has 4 rings (SSSR count). The smallest absolute Gasteiger partial charge is 0.329 e. The van der Waals surface area contributed by atoms with Crippen molar-refractivity contribution in [2.75, 3.05) is 6.61 Å². The lowest BCUT2D eigenvalue weighted by Gasteiger charge is -2.34. The lowest BCUT2D eigenvalue weighted by molar-refractivity contribution is -0.174. The number of benzene rings is 1. The number of hydroxylamine groups is 2. The van der Waals surface area contributed by atoms with Crippen LogP contribution in [0.5, 0.6) is 0 Å². The van der Waals surface area contributed by atoms with Gasteiger partial charge in [-0.15, -0.1) is 0 Å². The summed E-state index contributed by atoms with van der Waals surface area (Å²) in [6.07, 6.45) is 1.38. The zero-order valence-corrected chi connectivity index (χ0v) is 18.3. The first-order chi connectivity index (χ1) is 14.2. The summed E-state index contributed by atoms with van der Waals surface area (Å²) >= 11 is 0. The fourth-order valence-electron chi connectivity index (χ4n) is 5.17. The van der Waals surface area contributed by atoms with Gasteiger partial charge >= 0.3 is 5.97 Å². The molecule has 6 atom stereocenters. The van der Waals surface area contributed by atoms with Crippen molar-refractivity contribution in [2.45, 2.75) is 76.8 Å². The van der Waals surface area contributed by atoms with Crippen molar-refractivity contribution < 1.29 is 19.2 Å². The average Bonchev–Trinajstić information content (AvgIpc) is 3.28. The Morgan fingerprint density at radius 2 is 1.93 bits per heavy atom. The van der Waals surface area contributed by atoms with Gasteiger partial charge in [0.1, 0.15) is 17.7 Å². The maximum Gasteiger partial charge on any atom is 0.329 e. The van der Waals surface area contributed by atoms with E-state index in [1.165, 1.54) is 0 Å². The first-order valence-electron chi connectivity index (χ1n) is 10.9. The van der Waals surface area contributed by atoms with Crippen LogP contribution in [0.15, 0.2) is 30.3 Å². The number of amides is 1. The van der Waals surface area contributed by atoms with Crippen LogP contribution in [0, 0.1) is 11.8 Å². The summed E-state index contributed by atoms with van der Waals surface area (Å²) in [7, 11) is 0. The van der Waals surface area contributed by atoms with E-state index in [4.69, 9.17) is 15.3 Å². The number of nitrogens with two attached hydrogens (primary N) is 1. The number of nitrogens with zero attached hydrogens (tertiary/aromatic N) is 2. The van der Waals surface area contributed by atoms with Crippen LogP contribution in [0.1, 0.15) is 46.1 Å². The predicted octanol–water partition coefficient (Wildman–Crippen LogP) is 2.10. The van der Waals surface area contributed by atoms with Crippen molar-refractivity contribution in [1.82, 2.24) is 9.96 Å². The molecule has 164 valence electrons. The predicted molar refractivity (Wildman–Crippen MR) is 112 cm³/mol. The molecule has 6 unspecified atom stereocenters. The number of ether oxygens (including phenoxy) is 1. The first-order valence-corrected chi connectivity index (χ1v) is 10.9. The first kappa shape index (κ1) is 21.3. The van der Waals surface area contributed by atoms with E-state index in [0.29, 0.717) is 19.6 Å². The molecule has 3 heterocycles. The largest absolute Gasteiger partial charge is 0.458 e. The van der Waals surface area contributed by atoms with E-state index in [0.717, 1.165) is 12.0 Å². The van der Waals surface area contributed by atoms with Gasteiger partial charge in [-0.25, -0.2) is 4.79 Å². The van der Waals surface area contributed by atoms with Gasteiger partial charge in [-0.3, -0.25) is 9.63 Å². The number of esters is 1. The molecular formula is C23H33N3O4. The Balaban J connectivity index is 1.63. The topological polar surface area (TPSA) is 85.1 Å². The molecule has 7 heteroatoms. The highest BCUT2D eigenvalue weighted by molar-refractivity contribution is 5.89. The van der Waals surface area contributed by atoms with Gasteiger partial charge < -0.3 is 15.4 Å². The monoisotopic (exact) mass is 415 g/mol. The van der Waals surface area contributed by atoms with Crippen molar-refractivity contribution in [3.8, 4) is 0 Å². The minimum absolute atomic E-state index is 0.0470. The Kier molecular flexibility index (Phi) is 5.64. The van der Waals surface area contributed by atoms with Crippen LogP contribution in [0.25, 0.3) is 0 Å².